The topological polar surface area (TPSA) is 20.2 Å². The van der Waals surface area contributed by atoms with E-state index in [1.54, 1.807) is 0 Å². The van der Waals surface area contributed by atoms with E-state index in [1.807, 2.05) is 0 Å². The third-order valence-electron chi connectivity index (χ3n) is 6.45. The highest BCUT2D eigenvalue weighted by Crippen LogP contribution is 2.40. The molecule has 0 fully saturated rings. The van der Waals surface area contributed by atoms with Gasteiger partial charge in [-0.1, -0.05) is 118 Å². The van der Waals surface area contributed by atoms with Crippen molar-refractivity contribution in [3.05, 3.63) is 0 Å². The van der Waals surface area contributed by atoms with E-state index in [-0.39, 0.29) is 0 Å². The molecule has 0 aliphatic heterocycles. The van der Waals surface area contributed by atoms with Gasteiger partial charge in [-0.3, -0.25) is 0 Å². The summed E-state index contributed by atoms with van der Waals surface area (Å²) in [6.07, 6.45) is 23.3. The van der Waals surface area contributed by atoms with Gasteiger partial charge in [0.2, 0.25) is 0 Å². The molecule has 1 heteroatoms. The lowest BCUT2D eigenvalue weighted by molar-refractivity contribution is 0.123. The molecule has 2 atom stereocenters. The summed E-state index contributed by atoms with van der Waals surface area (Å²) >= 11 is 0. The first kappa shape index (κ1) is 25.0. The lowest BCUT2D eigenvalue weighted by Gasteiger charge is -2.36. The second kappa shape index (κ2) is 17.4. The molecule has 0 saturated carbocycles. The zero-order valence-corrected chi connectivity index (χ0v) is 18.3. The summed E-state index contributed by atoms with van der Waals surface area (Å²) < 4.78 is 0. The van der Waals surface area contributed by atoms with Crippen LogP contribution in [0.5, 0.6) is 0 Å². The molecule has 1 nitrogen and oxygen atoms in total. The monoisotopic (exact) mass is 354 g/mol. The van der Waals surface area contributed by atoms with Gasteiger partial charge in [0.15, 0.2) is 0 Å². The second-order valence-electron chi connectivity index (χ2n) is 8.81. The quantitative estimate of drug-likeness (QED) is 0.231. The van der Waals surface area contributed by atoms with Crippen LogP contribution in [0.2, 0.25) is 0 Å². The molecule has 0 bridgehead atoms. The molecule has 1 N–H and O–H groups in total. The molecule has 25 heavy (non-hydrogen) atoms. The molecule has 152 valence electrons. The summed E-state index contributed by atoms with van der Waals surface area (Å²) in [5.41, 5.74) is 0.440. The third kappa shape index (κ3) is 13.8. The molecule has 0 aromatic rings. The summed E-state index contributed by atoms with van der Waals surface area (Å²) in [7, 11) is 0. The Hall–Kier alpha value is -0.0400. The van der Waals surface area contributed by atoms with E-state index < -0.39 is 0 Å². The van der Waals surface area contributed by atoms with Crippen LogP contribution < -0.4 is 0 Å². The Balaban J connectivity index is 4.02. The van der Waals surface area contributed by atoms with E-state index in [1.165, 1.54) is 103 Å². The highest BCUT2D eigenvalue weighted by Gasteiger charge is 2.29. The fraction of sp³-hybridized carbons (Fsp3) is 1.00. The predicted octanol–water partition coefficient (Wildman–Crippen LogP) is 8.29. The molecule has 0 aromatic carbocycles. The van der Waals surface area contributed by atoms with Crippen molar-refractivity contribution in [1.29, 1.82) is 0 Å². The normalized spacial score (nSPS) is 15.2. The highest BCUT2D eigenvalue weighted by molar-refractivity contribution is 4.80. The van der Waals surface area contributed by atoms with Crippen molar-refractivity contribution in [3.63, 3.8) is 0 Å². The van der Waals surface area contributed by atoms with Crippen molar-refractivity contribution in [2.24, 2.45) is 11.3 Å². The summed E-state index contributed by atoms with van der Waals surface area (Å²) in [5.74, 6) is 0.651. The fourth-order valence-electron chi connectivity index (χ4n) is 4.13. The third-order valence-corrected chi connectivity index (χ3v) is 6.45. The Kier molecular flexibility index (Phi) is 17.3. The van der Waals surface area contributed by atoms with Gasteiger partial charge in [-0.2, -0.15) is 0 Å². The number of aliphatic hydroxyl groups excluding tert-OH is 1. The van der Waals surface area contributed by atoms with Gasteiger partial charge in [0.25, 0.3) is 0 Å². The molecule has 2 unspecified atom stereocenters. The van der Waals surface area contributed by atoms with Gasteiger partial charge in [-0.15, -0.1) is 0 Å². The van der Waals surface area contributed by atoms with Crippen LogP contribution in [0, 0.1) is 11.3 Å². The summed E-state index contributed by atoms with van der Waals surface area (Å²) in [5, 5.41) is 9.38. The van der Waals surface area contributed by atoms with Gasteiger partial charge < -0.3 is 5.11 Å². The summed E-state index contributed by atoms with van der Waals surface area (Å²) in [6, 6.07) is 0. The molecular weight excluding hydrogens is 304 g/mol. The number of hydrogen-bond donors (Lipinski definition) is 1. The Morgan fingerprint density at radius 3 is 1.36 bits per heavy atom. The van der Waals surface area contributed by atoms with Crippen LogP contribution in [0.1, 0.15) is 137 Å². The first-order valence-electron chi connectivity index (χ1n) is 11.7. The highest BCUT2D eigenvalue weighted by atomic mass is 16.3. The number of rotatable bonds is 19. The molecule has 0 aromatic heterocycles. The van der Waals surface area contributed by atoms with Crippen LogP contribution in [0.3, 0.4) is 0 Å². The molecule has 0 heterocycles. The Labute approximate surface area is 160 Å². The van der Waals surface area contributed by atoms with Crippen LogP contribution in [0.25, 0.3) is 0 Å². The van der Waals surface area contributed by atoms with Gasteiger partial charge in [-0.25, -0.2) is 0 Å². The Morgan fingerprint density at radius 1 is 0.640 bits per heavy atom. The number of hydrogen-bond acceptors (Lipinski definition) is 1. The molecule has 0 radical (unpaired) electrons. The van der Waals surface area contributed by atoms with Crippen LogP contribution in [-0.2, 0) is 0 Å². The smallest absolute Gasteiger partial charge is 0.0433 e. The molecule has 0 saturated heterocycles. The van der Waals surface area contributed by atoms with Gasteiger partial charge in [0.1, 0.15) is 0 Å². The average Bonchev–Trinajstić information content (AvgIpc) is 2.60. The molecule has 0 spiro atoms. The zero-order valence-electron chi connectivity index (χ0n) is 18.3. The fourth-order valence-corrected chi connectivity index (χ4v) is 4.13. The Bertz CT molecular complexity index is 263. The Morgan fingerprint density at radius 2 is 1.00 bits per heavy atom. The van der Waals surface area contributed by atoms with Crippen molar-refractivity contribution in [2.75, 3.05) is 6.61 Å². The summed E-state index contributed by atoms with van der Waals surface area (Å²) in [4.78, 5) is 0. The van der Waals surface area contributed by atoms with Crippen molar-refractivity contribution >= 4 is 0 Å². The van der Waals surface area contributed by atoms with E-state index in [9.17, 15) is 5.11 Å². The minimum absolute atomic E-state index is 0.352. The van der Waals surface area contributed by atoms with E-state index >= 15 is 0 Å². The van der Waals surface area contributed by atoms with Crippen molar-refractivity contribution in [1.82, 2.24) is 0 Å². The maximum absolute atomic E-state index is 9.38. The first-order valence-corrected chi connectivity index (χ1v) is 11.7. The van der Waals surface area contributed by atoms with E-state index in [4.69, 9.17) is 0 Å². The second-order valence-corrected chi connectivity index (χ2v) is 8.81. The van der Waals surface area contributed by atoms with E-state index in [2.05, 4.69) is 27.7 Å². The molecule has 0 aliphatic carbocycles. The lowest BCUT2D eigenvalue weighted by Crippen LogP contribution is -2.26. The average molecular weight is 355 g/mol. The number of unbranched alkanes of at least 4 members (excludes halogenated alkanes) is 12. The maximum atomic E-state index is 9.38. The molecule has 0 aliphatic rings. The number of aliphatic hydroxyl groups is 1. The van der Waals surface area contributed by atoms with Gasteiger partial charge >= 0.3 is 0 Å². The first-order chi connectivity index (χ1) is 12.1. The van der Waals surface area contributed by atoms with Crippen LogP contribution in [0.15, 0.2) is 0 Å². The minimum Gasteiger partial charge on any atom is -0.396 e. The minimum atomic E-state index is 0.352. The maximum Gasteiger partial charge on any atom is 0.0433 e. The van der Waals surface area contributed by atoms with Crippen molar-refractivity contribution < 1.29 is 5.11 Å². The molecule has 0 amide bonds. The van der Waals surface area contributed by atoms with E-state index in [0.717, 1.165) is 6.42 Å². The van der Waals surface area contributed by atoms with Crippen molar-refractivity contribution in [3.8, 4) is 0 Å². The summed E-state index contributed by atoms with van der Waals surface area (Å²) in [6.45, 7) is 9.80. The van der Waals surface area contributed by atoms with Gasteiger partial charge in [0, 0.05) is 6.61 Å². The molecular formula is C24H50O. The van der Waals surface area contributed by atoms with Crippen LogP contribution >= 0.6 is 0 Å². The van der Waals surface area contributed by atoms with Crippen LogP contribution in [-0.4, -0.2) is 11.7 Å². The lowest BCUT2D eigenvalue weighted by atomic mass is 9.69. The van der Waals surface area contributed by atoms with Crippen LogP contribution in [0.4, 0.5) is 0 Å². The predicted molar refractivity (Wildman–Crippen MR) is 114 cm³/mol. The van der Waals surface area contributed by atoms with Crippen molar-refractivity contribution in [2.45, 2.75) is 137 Å². The van der Waals surface area contributed by atoms with E-state index in [0.29, 0.717) is 17.9 Å². The molecule has 0 rings (SSSR count). The largest absolute Gasteiger partial charge is 0.396 e. The zero-order chi connectivity index (χ0) is 18.8. The van der Waals surface area contributed by atoms with Gasteiger partial charge in [0.05, 0.1) is 0 Å². The SMILES string of the molecule is CCCCCCCCCCC(C)(CCCCCCCC)C(C)CCO. The van der Waals surface area contributed by atoms with Gasteiger partial charge in [-0.05, 0) is 30.6 Å². The standard InChI is InChI=1S/C24H50O/c1-5-7-9-11-13-14-16-18-21-24(4,23(3)19-22-25)20-17-15-12-10-8-6-2/h23,25H,5-22H2,1-4H3.